The van der Waals surface area contributed by atoms with Crippen molar-refractivity contribution in [2.24, 2.45) is 5.10 Å². The van der Waals surface area contributed by atoms with Crippen LogP contribution in [0.1, 0.15) is 5.56 Å². The lowest BCUT2D eigenvalue weighted by Gasteiger charge is -2.29. The number of aromatic nitrogens is 2. The van der Waals surface area contributed by atoms with Crippen LogP contribution in [-0.4, -0.2) is 58.6 Å². The Morgan fingerprint density at radius 1 is 1.05 bits per heavy atom. The molecule has 4 aromatic rings. The molecule has 1 aliphatic rings. The minimum Gasteiger partial charge on any atom is -0.493 e. The molecule has 1 amide bonds. The van der Waals surface area contributed by atoms with Gasteiger partial charge in [0.2, 0.25) is 5.75 Å². The number of sulfonamides is 1. The summed E-state index contributed by atoms with van der Waals surface area (Å²) in [4.78, 5) is 13.1. The molecule has 11 nitrogen and oxygen atoms in total. The second kappa shape index (κ2) is 10.9. The molecular weight excluding hydrogens is 558 g/mol. The van der Waals surface area contributed by atoms with Crippen LogP contribution in [0.25, 0.3) is 22.5 Å². The number of benzene rings is 3. The van der Waals surface area contributed by atoms with Gasteiger partial charge in [-0.05, 0) is 30.3 Å². The number of carbonyl (C=O) groups excluding carboxylic acids is 1. The normalized spacial score (nSPS) is 13.4. The number of H-pyrrole nitrogens is 1. The minimum absolute atomic E-state index is 0.0511. The first kappa shape index (κ1) is 27.0. The Morgan fingerprint density at radius 3 is 2.55 bits per heavy atom. The molecule has 0 spiro atoms. The van der Waals surface area contributed by atoms with Crippen LogP contribution in [0.4, 0.5) is 5.69 Å². The van der Waals surface area contributed by atoms with Crippen molar-refractivity contribution in [1.29, 1.82) is 0 Å². The maximum Gasteiger partial charge on any atom is 0.265 e. The van der Waals surface area contributed by atoms with Gasteiger partial charge in [-0.1, -0.05) is 41.9 Å². The molecule has 5 rings (SSSR count). The topological polar surface area (TPSA) is 135 Å². The second-order valence-corrected chi connectivity index (χ2v) is 10.8. The molecule has 1 aliphatic heterocycles. The zero-order valence-electron chi connectivity index (χ0n) is 21.6. The molecule has 0 radical (unpaired) electrons. The summed E-state index contributed by atoms with van der Waals surface area (Å²) < 4.78 is 44.6. The Hall–Kier alpha value is -4.55. The van der Waals surface area contributed by atoms with E-state index in [9.17, 15) is 13.2 Å². The fraction of sp³-hybridized carbons (Fsp3) is 0.148. The highest BCUT2D eigenvalue weighted by Gasteiger charge is 2.39. The minimum atomic E-state index is -4.13. The molecule has 1 aromatic heterocycles. The van der Waals surface area contributed by atoms with Crippen molar-refractivity contribution in [3.05, 3.63) is 71.2 Å². The maximum atomic E-state index is 13.8. The van der Waals surface area contributed by atoms with Crippen LogP contribution in [0.15, 0.2) is 70.7 Å². The van der Waals surface area contributed by atoms with Crippen LogP contribution in [0, 0.1) is 0 Å². The number of nitrogens with one attached hydrogen (secondary N) is 2. The number of amides is 1. The Balaban J connectivity index is 1.48. The average molecular weight is 582 g/mol. The second-order valence-electron chi connectivity index (χ2n) is 8.53. The number of methoxy groups -OCH3 is 3. The van der Waals surface area contributed by atoms with Crippen molar-refractivity contribution in [3.63, 3.8) is 0 Å². The van der Waals surface area contributed by atoms with Gasteiger partial charge in [0, 0.05) is 21.7 Å². The first-order chi connectivity index (χ1) is 19.3. The Morgan fingerprint density at radius 2 is 1.82 bits per heavy atom. The number of rotatable bonds is 8. The van der Waals surface area contributed by atoms with Crippen molar-refractivity contribution < 1.29 is 27.4 Å². The maximum absolute atomic E-state index is 13.8. The van der Waals surface area contributed by atoms with Crippen LogP contribution in [0.2, 0.25) is 5.02 Å². The predicted molar refractivity (Wildman–Crippen MR) is 151 cm³/mol. The largest absolute Gasteiger partial charge is 0.493 e. The molecule has 206 valence electrons. The van der Waals surface area contributed by atoms with Crippen molar-refractivity contribution in [1.82, 2.24) is 15.6 Å². The van der Waals surface area contributed by atoms with Gasteiger partial charge in [-0.3, -0.25) is 14.2 Å². The molecule has 2 N–H and O–H groups in total. The quantitative estimate of drug-likeness (QED) is 0.236. The summed E-state index contributed by atoms with van der Waals surface area (Å²) in [5.74, 6) is 0.494. The molecule has 0 saturated heterocycles. The smallest absolute Gasteiger partial charge is 0.265 e. The fourth-order valence-electron chi connectivity index (χ4n) is 4.47. The summed E-state index contributed by atoms with van der Waals surface area (Å²) in [5, 5.41) is 11.8. The van der Waals surface area contributed by atoms with E-state index >= 15 is 0 Å². The number of hydrogen-bond donors (Lipinski definition) is 2. The summed E-state index contributed by atoms with van der Waals surface area (Å²) >= 11 is 6.19. The molecule has 40 heavy (non-hydrogen) atoms. The molecular formula is C27H24ClN5O6S. The summed E-state index contributed by atoms with van der Waals surface area (Å²) in [6, 6.07) is 16.7. The average Bonchev–Trinajstić information content (AvgIpc) is 3.40. The van der Waals surface area contributed by atoms with E-state index in [1.807, 2.05) is 0 Å². The SMILES string of the molecule is COc1ccc(/C=N/NC(=O)CN2c3c(-c4cccc(Cl)c4)n[nH]c3-c3ccccc3S2(=O)=O)c(OC)c1OC. The number of anilines is 1. The molecule has 13 heteroatoms. The van der Waals surface area contributed by atoms with Gasteiger partial charge in [-0.2, -0.15) is 10.2 Å². The number of halogens is 1. The van der Waals surface area contributed by atoms with E-state index in [4.69, 9.17) is 25.8 Å². The van der Waals surface area contributed by atoms with E-state index < -0.39 is 22.5 Å². The Labute approximate surface area is 235 Å². The third-order valence-corrected chi connectivity index (χ3v) is 8.27. The number of fused-ring (bicyclic) bond motifs is 3. The highest BCUT2D eigenvalue weighted by atomic mass is 35.5. The molecule has 2 heterocycles. The van der Waals surface area contributed by atoms with Crippen LogP contribution in [0.5, 0.6) is 17.2 Å². The number of carbonyl (C=O) groups is 1. The van der Waals surface area contributed by atoms with E-state index in [1.165, 1.54) is 33.6 Å². The van der Waals surface area contributed by atoms with Crippen LogP contribution in [-0.2, 0) is 14.8 Å². The lowest BCUT2D eigenvalue weighted by molar-refractivity contribution is -0.119. The summed E-state index contributed by atoms with van der Waals surface area (Å²) in [7, 11) is 0.311. The fourth-order valence-corrected chi connectivity index (χ4v) is 6.30. The van der Waals surface area contributed by atoms with Gasteiger partial charge in [-0.15, -0.1) is 0 Å². The highest BCUT2D eigenvalue weighted by molar-refractivity contribution is 7.93. The molecule has 0 bridgehead atoms. The standard InChI is InChI=1S/C27H24ClN5O6S/c1-37-20-12-11-17(26(38-2)27(20)39-3)14-29-30-22(34)15-33-25-23(16-7-6-8-18(28)13-16)31-32-24(25)19-9-4-5-10-21(19)40(33,35)36/h4-14H,15H2,1-3H3,(H,30,34)(H,31,32)/b29-14+. The lowest BCUT2D eigenvalue weighted by Crippen LogP contribution is -2.41. The van der Waals surface area contributed by atoms with E-state index in [0.717, 1.165) is 4.31 Å². The number of hydrazone groups is 1. The molecule has 0 fully saturated rings. The first-order valence-electron chi connectivity index (χ1n) is 11.9. The van der Waals surface area contributed by atoms with E-state index in [2.05, 4.69) is 20.7 Å². The summed E-state index contributed by atoms with van der Waals surface area (Å²) in [6.45, 7) is -0.558. The Kier molecular flexibility index (Phi) is 7.37. The molecule has 0 aliphatic carbocycles. The molecule has 3 aromatic carbocycles. The zero-order chi connectivity index (χ0) is 28.4. The predicted octanol–water partition coefficient (Wildman–Crippen LogP) is 4.08. The first-order valence-corrected chi connectivity index (χ1v) is 13.7. The van der Waals surface area contributed by atoms with Gasteiger partial charge in [0.1, 0.15) is 17.9 Å². The number of aromatic amines is 1. The van der Waals surface area contributed by atoms with Gasteiger partial charge in [0.15, 0.2) is 11.5 Å². The van der Waals surface area contributed by atoms with Crippen LogP contribution in [0.3, 0.4) is 0 Å². The summed E-state index contributed by atoms with van der Waals surface area (Å²) in [6.07, 6.45) is 1.36. The molecule has 0 atom stereocenters. The van der Waals surface area contributed by atoms with Crippen LogP contribution >= 0.6 is 11.6 Å². The van der Waals surface area contributed by atoms with Gasteiger partial charge >= 0.3 is 0 Å². The number of ether oxygens (including phenoxy) is 3. The monoisotopic (exact) mass is 581 g/mol. The van der Waals surface area contributed by atoms with Gasteiger partial charge in [0.05, 0.1) is 38.1 Å². The van der Waals surface area contributed by atoms with Gasteiger partial charge in [-0.25, -0.2) is 13.8 Å². The number of nitrogens with zero attached hydrogens (tertiary/aromatic N) is 3. The third-order valence-electron chi connectivity index (χ3n) is 6.23. The van der Waals surface area contributed by atoms with E-state index in [-0.39, 0.29) is 10.6 Å². The van der Waals surface area contributed by atoms with E-state index in [0.29, 0.717) is 50.3 Å². The third kappa shape index (κ3) is 4.71. The van der Waals surface area contributed by atoms with Crippen molar-refractivity contribution in [2.45, 2.75) is 4.90 Å². The van der Waals surface area contributed by atoms with Crippen LogP contribution < -0.4 is 23.9 Å². The molecule has 0 saturated carbocycles. The lowest BCUT2D eigenvalue weighted by atomic mass is 10.1. The highest BCUT2D eigenvalue weighted by Crippen LogP contribution is 2.46. The molecule has 0 unspecified atom stereocenters. The van der Waals surface area contributed by atoms with Crippen molar-refractivity contribution in [3.8, 4) is 39.8 Å². The Bertz CT molecular complexity index is 1740. The number of hydrogen-bond acceptors (Lipinski definition) is 8. The van der Waals surface area contributed by atoms with Crippen molar-refractivity contribution in [2.75, 3.05) is 32.2 Å². The van der Waals surface area contributed by atoms with Crippen molar-refractivity contribution >= 4 is 39.4 Å². The van der Waals surface area contributed by atoms with E-state index in [1.54, 1.807) is 54.6 Å². The zero-order valence-corrected chi connectivity index (χ0v) is 23.2. The van der Waals surface area contributed by atoms with Gasteiger partial charge in [0.25, 0.3) is 15.9 Å². The summed E-state index contributed by atoms with van der Waals surface area (Å²) in [5.41, 5.74) is 4.97. The van der Waals surface area contributed by atoms with Gasteiger partial charge < -0.3 is 14.2 Å².